The molecule has 1 saturated carbocycles. The van der Waals surface area contributed by atoms with Crippen LogP contribution in [0.3, 0.4) is 0 Å². The van der Waals surface area contributed by atoms with Gasteiger partial charge in [0.2, 0.25) is 0 Å². The Morgan fingerprint density at radius 3 is 2.52 bits per heavy atom. The van der Waals surface area contributed by atoms with E-state index in [1.54, 1.807) is 17.1 Å². The predicted octanol–water partition coefficient (Wildman–Crippen LogP) is 5.73. The Labute approximate surface area is 197 Å². The molecule has 0 bridgehead atoms. The third-order valence-corrected chi connectivity index (χ3v) is 6.94. The summed E-state index contributed by atoms with van der Waals surface area (Å²) in [5, 5.41) is 8.18. The van der Waals surface area contributed by atoms with Crippen LogP contribution in [0.4, 0.5) is 0 Å². The molecule has 2 atom stereocenters. The van der Waals surface area contributed by atoms with Gasteiger partial charge >= 0.3 is 5.97 Å². The summed E-state index contributed by atoms with van der Waals surface area (Å²) in [5.74, 6) is -0.675. The number of hydrogen-bond donors (Lipinski definition) is 0. The number of amides is 1. The lowest BCUT2D eigenvalue weighted by atomic mass is 9.77. The molecule has 166 valence electrons. The maximum absolute atomic E-state index is 13.2. The topological polar surface area (TPSA) is 59.0 Å². The zero-order valence-corrected chi connectivity index (χ0v) is 18.9. The Balaban J connectivity index is 1.44. The van der Waals surface area contributed by atoms with Crippen LogP contribution in [0.1, 0.15) is 46.1 Å². The number of allylic oxidation sites excluding steroid dienone is 1. The smallest absolute Gasteiger partial charge is 0.348 e. The fourth-order valence-electron chi connectivity index (χ4n) is 4.60. The van der Waals surface area contributed by atoms with Crippen molar-refractivity contribution < 1.29 is 14.3 Å². The van der Waals surface area contributed by atoms with E-state index in [2.05, 4.69) is 18.2 Å². The van der Waals surface area contributed by atoms with Crippen LogP contribution in [0.5, 0.6) is 0 Å². The standard InChI is InChI=1S/C27H24N2O3S/c30-24(18-32-27(31)23-15-8-16-33-23)29-26(20-11-5-2-6-12-20)22-14-7-13-21(25(22)28-29)17-19-9-3-1-4-10-19/h1-6,8-12,15-17,22,26H,7,13-14,18H2. The molecule has 2 aliphatic rings. The number of hydrogen-bond acceptors (Lipinski definition) is 5. The highest BCUT2D eigenvalue weighted by molar-refractivity contribution is 7.11. The Morgan fingerprint density at radius 2 is 1.79 bits per heavy atom. The van der Waals surface area contributed by atoms with Crippen LogP contribution in [0.2, 0.25) is 0 Å². The summed E-state index contributed by atoms with van der Waals surface area (Å²) in [6.45, 7) is -0.332. The highest BCUT2D eigenvalue weighted by Gasteiger charge is 2.43. The summed E-state index contributed by atoms with van der Waals surface area (Å²) in [6.07, 6.45) is 5.11. The number of carbonyl (C=O) groups excluding carboxylic acids is 2. The van der Waals surface area contributed by atoms with Gasteiger partial charge in [0.25, 0.3) is 5.91 Å². The van der Waals surface area contributed by atoms with Gasteiger partial charge in [-0.1, -0.05) is 66.7 Å². The van der Waals surface area contributed by atoms with Gasteiger partial charge < -0.3 is 4.74 Å². The van der Waals surface area contributed by atoms with Crippen LogP contribution in [-0.4, -0.2) is 29.2 Å². The van der Waals surface area contributed by atoms with Crippen molar-refractivity contribution >= 4 is 35.0 Å². The van der Waals surface area contributed by atoms with Crippen molar-refractivity contribution in [1.82, 2.24) is 5.01 Å². The molecule has 6 heteroatoms. The van der Waals surface area contributed by atoms with E-state index < -0.39 is 5.97 Å². The average Bonchev–Trinajstić information content (AvgIpc) is 3.53. The fraction of sp³-hybridized carbons (Fsp3) is 0.222. The second-order valence-electron chi connectivity index (χ2n) is 8.21. The maximum Gasteiger partial charge on any atom is 0.348 e. The van der Waals surface area contributed by atoms with Crippen molar-refractivity contribution in [2.24, 2.45) is 11.0 Å². The molecule has 2 heterocycles. The Morgan fingerprint density at radius 1 is 1.03 bits per heavy atom. The van der Waals surface area contributed by atoms with E-state index in [-0.39, 0.29) is 24.5 Å². The Hall–Kier alpha value is -3.51. The zero-order valence-electron chi connectivity index (χ0n) is 18.1. The predicted molar refractivity (Wildman–Crippen MR) is 130 cm³/mol. The first-order valence-electron chi connectivity index (χ1n) is 11.1. The molecule has 1 aromatic heterocycles. The van der Waals surface area contributed by atoms with E-state index in [0.717, 1.165) is 36.1 Å². The Kier molecular flexibility index (Phi) is 6.17. The van der Waals surface area contributed by atoms with Crippen molar-refractivity contribution in [1.29, 1.82) is 0 Å². The fourth-order valence-corrected chi connectivity index (χ4v) is 5.22. The number of benzene rings is 2. The van der Waals surface area contributed by atoms with E-state index in [0.29, 0.717) is 4.88 Å². The first-order valence-corrected chi connectivity index (χ1v) is 12.0. The number of carbonyl (C=O) groups is 2. The lowest BCUT2D eigenvalue weighted by Gasteiger charge is -2.29. The van der Waals surface area contributed by atoms with Crippen molar-refractivity contribution in [3.05, 3.63) is 99.8 Å². The third kappa shape index (κ3) is 4.52. The average molecular weight is 457 g/mol. The van der Waals surface area contributed by atoms with Crippen molar-refractivity contribution in [3.63, 3.8) is 0 Å². The lowest BCUT2D eigenvalue weighted by Crippen LogP contribution is -2.34. The monoisotopic (exact) mass is 456 g/mol. The molecule has 1 aliphatic heterocycles. The third-order valence-electron chi connectivity index (χ3n) is 6.09. The minimum absolute atomic E-state index is 0.119. The first kappa shape index (κ1) is 21.3. The summed E-state index contributed by atoms with van der Waals surface area (Å²) < 4.78 is 5.32. The Bertz CT molecular complexity index is 1190. The molecule has 2 aromatic carbocycles. The van der Waals surface area contributed by atoms with Crippen LogP contribution in [0.25, 0.3) is 6.08 Å². The van der Waals surface area contributed by atoms with Crippen LogP contribution < -0.4 is 0 Å². The summed E-state index contributed by atoms with van der Waals surface area (Å²) in [6, 6.07) is 23.5. The molecule has 0 radical (unpaired) electrons. The number of hydrazone groups is 1. The van der Waals surface area contributed by atoms with E-state index in [4.69, 9.17) is 9.84 Å². The molecular weight excluding hydrogens is 432 g/mol. The van der Waals surface area contributed by atoms with Gasteiger partial charge in [-0.15, -0.1) is 11.3 Å². The van der Waals surface area contributed by atoms with E-state index in [1.165, 1.54) is 16.9 Å². The minimum atomic E-state index is -0.483. The number of rotatable bonds is 5. The van der Waals surface area contributed by atoms with E-state index in [9.17, 15) is 9.59 Å². The molecule has 3 aromatic rings. The lowest BCUT2D eigenvalue weighted by molar-refractivity contribution is -0.137. The van der Waals surface area contributed by atoms with Crippen molar-refractivity contribution in [2.45, 2.75) is 25.3 Å². The number of ether oxygens (including phenoxy) is 1. The van der Waals surface area contributed by atoms with Gasteiger partial charge in [0.1, 0.15) is 4.88 Å². The SMILES string of the molecule is O=C(OCC(=O)N1N=C2C(=Cc3ccccc3)CCCC2C1c1ccccc1)c1cccs1. The van der Waals surface area contributed by atoms with Gasteiger partial charge in [0.05, 0.1) is 11.8 Å². The summed E-state index contributed by atoms with van der Waals surface area (Å²) in [5.41, 5.74) is 4.31. The summed E-state index contributed by atoms with van der Waals surface area (Å²) in [7, 11) is 0. The second kappa shape index (κ2) is 9.55. The van der Waals surface area contributed by atoms with E-state index >= 15 is 0 Å². The largest absolute Gasteiger partial charge is 0.451 e. The molecule has 33 heavy (non-hydrogen) atoms. The number of fused-ring (bicyclic) bond motifs is 1. The molecular formula is C27H24N2O3S. The van der Waals surface area contributed by atoms with Crippen molar-refractivity contribution in [2.75, 3.05) is 6.61 Å². The first-order chi connectivity index (χ1) is 16.2. The van der Waals surface area contributed by atoms with Crippen molar-refractivity contribution in [3.8, 4) is 0 Å². The number of thiophene rings is 1. The molecule has 2 unspecified atom stereocenters. The second-order valence-corrected chi connectivity index (χ2v) is 9.16. The molecule has 1 aliphatic carbocycles. The van der Waals surface area contributed by atoms with Gasteiger partial charge in [0.15, 0.2) is 6.61 Å². The molecule has 5 rings (SSSR count). The molecule has 0 saturated heterocycles. The maximum atomic E-state index is 13.2. The zero-order chi connectivity index (χ0) is 22.6. The number of nitrogens with zero attached hydrogens (tertiary/aromatic N) is 2. The van der Waals surface area contributed by atoms with Crippen LogP contribution in [0, 0.1) is 5.92 Å². The normalized spacial score (nSPS) is 20.9. The highest BCUT2D eigenvalue weighted by Crippen LogP contribution is 2.44. The summed E-state index contributed by atoms with van der Waals surface area (Å²) >= 11 is 1.30. The molecule has 0 N–H and O–H groups in total. The summed E-state index contributed by atoms with van der Waals surface area (Å²) in [4.78, 5) is 26.0. The highest BCUT2D eigenvalue weighted by atomic mass is 32.1. The molecule has 1 fully saturated rings. The molecule has 5 nitrogen and oxygen atoms in total. The van der Waals surface area contributed by atoms with Gasteiger partial charge in [-0.2, -0.15) is 5.10 Å². The van der Waals surface area contributed by atoms with Gasteiger partial charge in [-0.25, -0.2) is 9.80 Å². The van der Waals surface area contributed by atoms with Crippen LogP contribution >= 0.6 is 11.3 Å². The molecule has 0 spiro atoms. The number of esters is 1. The van der Waals surface area contributed by atoms with E-state index in [1.807, 2.05) is 53.9 Å². The van der Waals surface area contributed by atoms with Gasteiger partial charge in [-0.3, -0.25) is 4.79 Å². The van der Waals surface area contributed by atoms with Gasteiger partial charge in [0, 0.05) is 5.92 Å². The quantitative estimate of drug-likeness (QED) is 0.461. The molecule has 1 amide bonds. The minimum Gasteiger partial charge on any atom is -0.451 e. The van der Waals surface area contributed by atoms with Crippen LogP contribution in [0.15, 0.2) is 88.9 Å². The van der Waals surface area contributed by atoms with Gasteiger partial charge in [-0.05, 0) is 53.5 Å². The van der Waals surface area contributed by atoms with Crippen LogP contribution in [-0.2, 0) is 9.53 Å².